The van der Waals surface area contributed by atoms with Crippen LogP contribution in [0.2, 0.25) is 0 Å². The minimum absolute atomic E-state index is 0.105. The van der Waals surface area contributed by atoms with Gasteiger partial charge < -0.3 is 19.9 Å². The first-order valence-electron chi connectivity index (χ1n) is 13.6. The fraction of sp³-hybridized carbons (Fsp3) is 0.323. The average Bonchev–Trinajstić information content (AvgIpc) is 3.02. The van der Waals surface area contributed by atoms with Gasteiger partial charge in [-0.2, -0.15) is 0 Å². The molecule has 3 N–H and O–H groups in total. The van der Waals surface area contributed by atoms with E-state index in [9.17, 15) is 4.79 Å². The van der Waals surface area contributed by atoms with Gasteiger partial charge in [-0.15, -0.1) is 0 Å². The van der Waals surface area contributed by atoms with Crippen LogP contribution in [0.25, 0.3) is 22.2 Å². The second-order valence-electron chi connectivity index (χ2n) is 9.65. The Morgan fingerprint density at radius 3 is 2.48 bits per heavy atom. The number of rotatable bonds is 11. The van der Waals surface area contributed by atoms with E-state index in [2.05, 4.69) is 40.0 Å². The zero-order chi connectivity index (χ0) is 27.7. The van der Waals surface area contributed by atoms with Crippen LogP contribution in [0, 0.1) is 0 Å². The minimum Gasteiger partial charge on any atom is -0.494 e. The number of hydrogen-bond acceptors (Lipinski definition) is 8. The fourth-order valence-corrected chi connectivity index (χ4v) is 4.79. The van der Waals surface area contributed by atoms with Crippen molar-refractivity contribution in [1.29, 1.82) is 0 Å². The number of nitrogens with zero attached hydrogens (tertiary/aromatic N) is 2. The molecule has 5 rings (SSSR count). The summed E-state index contributed by atoms with van der Waals surface area (Å²) in [6.45, 7) is 1.25. The number of methoxy groups -OCH3 is 1. The van der Waals surface area contributed by atoms with Crippen LogP contribution in [0.15, 0.2) is 67.0 Å². The number of ether oxygens (including phenoxy) is 2. The van der Waals surface area contributed by atoms with Crippen molar-refractivity contribution in [2.24, 2.45) is 0 Å². The maximum absolute atomic E-state index is 13.4. The molecule has 3 heterocycles. The van der Waals surface area contributed by atoms with E-state index < -0.39 is 12.2 Å². The van der Waals surface area contributed by atoms with Crippen molar-refractivity contribution in [3.8, 4) is 17.0 Å². The van der Waals surface area contributed by atoms with E-state index >= 15 is 0 Å². The van der Waals surface area contributed by atoms with Crippen molar-refractivity contribution in [1.82, 2.24) is 15.4 Å². The number of hydroxylamine groups is 1. The first-order valence-corrected chi connectivity index (χ1v) is 13.6. The Morgan fingerprint density at radius 2 is 1.80 bits per heavy atom. The van der Waals surface area contributed by atoms with Crippen LogP contribution in [-0.2, 0) is 22.4 Å². The molecule has 0 saturated carbocycles. The number of hydrogen-bond donors (Lipinski definition) is 3. The molecule has 1 amide bonds. The Balaban J connectivity index is 1.35. The summed E-state index contributed by atoms with van der Waals surface area (Å²) in [6.07, 6.45) is 7.27. The third kappa shape index (κ3) is 6.56. The molecule has 9 nitrogen and oxygen atoms in total. The van der Waals surface area contributed by atoms with Crippen LogP contribution in [0.4, 0.5) is 5.69 Å². The second-order valence-corrected chi connectivity index (χ2v) is 9.65. The van der Waals surface area contributed by atoms with Crippen LogP contribution in [0.1, 0.15) is 40.7 Å². The summed E-state index contributed by atoms with van der Waals surface area (Å²) in [5, 5.41) is 12.7. The fourth-order valence-electron chi connectivity index (χ4n) is 4.79. The SMILES string of the molecule is COc1c(-c2ccc(CCc3ccc(NCCO)cc3)cc2)nc2ccncc2c1C(=O)NOC1CCCCO1. The normalized spacial score (nSPS) is 15.1. The monoisotopic (exact) mass is 542 g/mol. The number of aliphatic hydroxyl groups is 1. The number of nitrogens with one attached hydrogen (secondary N) is 2. The number of fused-ring (bicyclic) bond motifs is 1. The average molecular weight is 543 g/mol. The Labute approximate surface area is 233 Å². The molecule has 2 aromatic carbocycles. The van der Waals surface area contributed by atoms with Crippen LogP contribution >= 0.6 is 0 Å². The van der Waals surface area contributed by atoms with Crippen molar-refractivity contribution in [2.45, 2.75) is 38.4 Å². The maximum atomic E-state index is 13.4. The molecule has 0 aliphatic carbocycles. The molecular formula is C31H34N4O5. The van der Waals surface area contributed by atoms with Gasteiger partial charge in [0.2, 0.25) is 0 Å². The molecular weight excluding hydrogens is 508 g/mol. The van der Waals surface area contributed by atoms with E-state index in [1.165, 1.54) is 18.2 Å². The number of aromatic nitrogens is 2. The highest BCUT2D eigenvalue weighted by molar-refractivity contribution is 6.09. The van der Waals surface area contributed by atoms with Crippen molar-refractivity contribution in [2.75, 3.05) is 32.2 Å². The van der Waals surface area contributed by atoms with Crippen molar-refractivity contribution >= 4 is 22.5 Å². The Hall–Kier alpha value is -4.05. The van der Waals surface area contributed by atoms with Gasteiger partial charge in [0.1, 0.15) is 5.69 Å². The predicted octanol–water partition coefficient (Wildman–Crippen LogP) is 4.68. The highest BCUT2D eigenvalue weighted by Crippen LogP contribution is 2.36. The molecule has 0 spiro atoms. The lowest BCUT2D eigenvalue weighted by Gasteiger charge is -2.22. The van der Waals surface area contributed by atoms with Gasteiger partial charge >= 0.3 is 0 Å². The molecule has 0 bridgehead atoms. The van der Waals surface area contributed by atoms with Crippen LogP contribution in [-0.4, -0.2) is 54.1 Å². The molecule has 40 heavy (non-hydrogen) atoms. The largest absolute Gasteiger partial charge is 0.494 e. The van der Waals surface area contributed by atoms with Gasteiger partial charge in [0, 0.05) is 48.6 Å². The summed E-state index contributed by atoms with van der Waals surface area (Å²) >= 11 is 0. The van der Waals surface area contributed by atoms with Gasteiger partial charge in [-0.3, -0.25) is 9.78 Å². The molecule has 9 heteroatoms. The molecule has 1 fully saturated rings. The molecule has 1 aliphatic rings. The number of pyridine rings is 2. The van der Waals surface area contributed by atoms with Gasteiger partial charge in [0.15, 0.2) is 12.0 Å². The Kier molecular flexibility index (Phi) is 9.18. The summed E-state index contributed by atoms with van der Waals surface area (Å²) in [5.41, 5.74) is 8.33. The number of aryl methyl sites for hydroxylation is 2. The molecule has 4 aromatic rings. The number of carbonyl (C=O) groups excluding carboxylic acids is 1. The topological polar surface area (TPSA) is 115 Å². The maximum Gasteiger partial charge on any atom is 0.279 e. The molecule has 1 unspecified atom stereocenters. The van der Waals surface area contributed by atoms with E-state index in [0.717, 1.165) is 43.4 Å². The van der Waals surface area contributed by atoms with Crippen LogP contribution in [0.5, 0.6) is 5.75 Å². The summed E-state index contributed by atoms with van der Waals surface area (Å²) in [6, 6.07) is 18.2. The van der Waals surface area contributed by atoms with Gasteiger partial charge in [-0.25, -0.2) is 15.3 Å². The smallest absolute Gasteiger partial charge is 0.279 e. The number of amides is 1. The number of aliphatic hydroxyl groups excluding tert-OH is 1. The lowest BCUT2D eigenvalue weighted by Crippen LogP contribution is -2.33. The number of carbonyl (C=O) groups is 1. The summed E-state index contributed by atoms with van der Waals surface area (Å²) in [5.74, 6) is -0.0873. The summed E-state index contributed by atoms with van der Waals surface area (Å²) in [7, 11) is 1.53. The van der Waals surface area contributed by atoms with Gasteiger partial charge in [-0.05, 0) is 55.0 Å². The Morgan fingerprint density at radius 1 is 1.05 bits per heavy atom. The van der Waals surface area contributed by atoms with Gasteiger partial charge in [0.05, 0.1) is 24.8 Å². The predicted molar refractivity (Wildman–Crippen MR) is 153 cm³/mol. The standard InChI is InChI=1S/C31H34N4O5/c1-38-30-28(31(37)35-40-27-4-2-3-19-39-27)25-20-32-16-15-26(25)34-29(30)23-11-7-21(8-12-23)5-6-22-9-13-24(14-10-22)33-17-18-36/h7-16,20,27,33,36H,2-6,17-19H2,1H3,(H,35,37). The van der Waals surface area contributed by atoms with Crippen molar-refractivity contribution < 1.29 is 24.2 Å². The summed E-state index contributed by atoms with van der Waals surface area (Å²) in [4.78, 5) is 28.0. The number of anilines is 1. The van der Waals surface area contributed by atoms with E-state index in [0.29, 0.717) is 41.1 Å². The van der Waals surface area contributed by atoms with Crippen LogP contribution < -0.4 is 15.5 Å². The van der Waals surface area contributed by atoms with Gasteiger partial charge in [0.25, 0.3) is 5.91 Å². The second kappa shape index (κ2) is 13.3. The van der Waals surface area contributed by atoms with Crippen molar-refractivity contribution in [3.05, 3.63) is 83.7 Å². The molecule has 0 radical (unpaired) electrons. The van der Waals surface area contributed by atoms with E-state index in [1.54, 1.807) is 18.5 Å². The van der Waals surface area contributed by atoms with E-state index in [1.807, 2.05) is 24.3 Å². The first-order chi connectivity index (χ1) is 19.7. The highest BCUT2D eigenvalue weighted by Gasteiger charge is 2.24. The van der Waals surface area contributed by atoms with Gasteiger partial charge in [-0.1, -0.05) is 36.4 Å². The zero-order valence-electron chi connectivity index (χ0n) is 22.6. The Bertz CT molecular complexity index is 1420. The van der Waals surface area contributed by atoms with Crippen LogP contribution in [0.3, 0.4) is 0 Å². The third-order valence-electron chi connectivity index (χ3n) is 6.92. The van der Waals surface area contributed by atoms with E-state index in [-0.39, 0.29) is 6.61 Å². The third-order valence-corrected chi connectivity index (χ3v) is 6.92. The zero-order valence-corrected chi connectivity index (χ0v) is 22.6. The summed E-state index contributed by atoms with van der Waals surface area (Å²) < 4.78 is 11.3. The minimum atomic E-state index is -0.470. The first kappa shape index (κ1) is 27.5. The lowest BCUT2D eigenvalue weighted by molar-refractivity contribution is -0.186. The molecule has 2 aromatic heterocycles. The number of benzene rings is 2. The molecule has 208 valence electrons. The molecule has 1 aliphatic heterocycles. The van der Waals surface area contributed by atoms with Crippen molar-refractivity contribution in [3.63, 3.8) is 0 Å². The quantitative estimate of drug-likeness (QED) is 0.234. The molecule has 1 saturated heterocycles. The molecule has 1 atom stereocenters. The van der Waals surface area contributed by atoms with E-state index in [4.69, 9.17) is 24.4 Å². The lowest BCUT2D eigenvalue weighted by atomic mass is 10.00. The highest BCUT2D eigenvalue weighted by atomic mass is 16.8.